The molecule has 0 spiro atoms. The third-order valence-corrected chi connectivity index (χ3v) is 4.17. The Hall–Kier alpha value is -0.830. The molecule has 84 valence electrons. The summed E-state index contributed by atoms with van der Waals surface area (Å²) in [6.07, 6.45) is 0.949. The molecule has 3 heteroatoms. The van der Waals surface area contributed by atoms with Crippen LogP contribution in [0, 0.1) is 6.92 Å². The van der Waals surface area contributed by atoms with E-state index in [4.69, 9.17) is 17.3 Å². The Kier molecular flexibility index (Phi) is 3.64. The van der Waals surface area contributed by atoms with Crippen molar-refractivity contribution in [2.45, 2.75) is 13.3 Å². The molecular formula is C13H14ClNS. The van der Waals surface area contributed by atoms with Crippen LogP contribution in [0.25, 0.3) is 10.4 Å². The zero-order chi connectivity index (χ0) is 11.5. The highest BCUT2D eigenvalue weighted by atomic mass is 35.5. The van der Waals surface area contributed by atoms with Gasteiger partial charge in [0.25, 0.3) is 0 Å². The van der Waals surface area contributed by atoms with Crippen molar-refractivity contribution >= 4 is 22.9 Å². The number of hydrogen-bond donors (Lipinski definition) is 1. The van der Waals surface area contributed by atoms with Crippen LogP contribution >= 0.6 is 22.9 Å². The number of nitrogens with two attached hydrogens (primary N) is 1. The van der Waals surface area contributed by atoms with Crippen LogP contribution in [0.2, 0.25) is 5.02 Å². The van der Waals surface area contributed by atoms with Crippen LogP contribution in [0.3, 0.4) is 0 Å². The number of benzene rings is 1. The van der Waals surface area contributed by atoms with Gasteiger partial charge in [0.2, 0.25) is 0 Å². The molecule has 0 unspecified atom stereocenters. The van der Waals surface area contributed by atoms with E-state index in [-0.39, 0.29) is 0 Å². The number of rotatable bonds is 3. The van der Waals surface area contributed by atoms with Gasteiger partial charge in [-0.2, -0.15) is 0 Å². The number of hydrogen-bond acceptors (Lipinski definition) is 2. The molecule has 0 fully saturated rings. The van der Waals surface area contributed by atoms with E-state index in [2.05, 4.69) is 25.1 Å². The lowest BCUT2D eigenvalue weighted by atomic mass is 10.1. The first-order valence-electron chi connectivity index (χ1n) is 5.26. The molecule has 1 nitrogen and oxygen atoms in total. The van der Waals surface area contributed by atoms with Crippen molar-refractivity contribution in [1.29, 1.82) is 0 Å². The van der Waals surface area contributed by atoms with E-state index in [0.717, 1.165) is 17.0 Å². The lowest BCUT2D eigenvalue weighted by Gasteiger charge is -2.04. The highest BCUT2D eigenvalue weighted by molar-refractivity contribution is 7.15. The maximum atomic E-state index is 6.12. The van der Waals surface area contributed by atoms with E-state index >= 15 is 0 Å². The molecule has 0 saturated heterocycles. The Morgan fingerprint density at radius 1 is 1.25 bits per heavy atom. The molecule has 1 heterocycles. The molecule has 0 aliphatic rings. The average molecular weight is 252 g/mol. The second-order valence-corrected chi connectivity index (χ2v) is 5.29. The molecule has 16 heavy (non-hydrogen) atoms. The average Bonchev–Trinajstić information content (AvgIpc) is 2.71. The summed E-state index contributed by atoms with van der Waals surface area (Å²) < 4.78 is 0. The topological polar surface area (TPSA) is 26.0 Å². The second kappa shape index (κ2) is 5.00. The largest absolute Gasteiger partial charge is 0.330 e. The first-order valence-corrected chi connectivity index (χ1v) is 6.46. The normalized spacial score (nSPS) is 10.7. The van der Waals surface area contributed by atoms with E-state index in [1.165, 1.54) is 15.3 Å². The zero-order valence-electron chi connectivity index (χ0n) is 9.16. The fourth-order valence-corrected chi connectivity index (χ4v) is 2.95. The summed E-state index contributed by atoms with van der Waals surface area (Å²) in [7, 11) is 0. The summed E-state index contributed by atoms with van der Waals surface area (Å²) in [5.41, 5.74) is 7.91. The van der Waals surface area contributed by atoms with Crippen molar-refractivity contribution in [2.24, 2.45) is 5.73 Å². The predicted molar refractivity (Wildman–Crippen MR) is 72.3 cm³/mol. The Morgan fingerprint density at radius 3 is 2.81 bits per heavy atom. The number of halogens is 1. The Labute approximate surface area is 105 Å². The van der Waals surface area contributed by atoms with Crippen LogP contribution in [0.1, 0.15) is 10.4 Å². The highest BCUT2D eigenvalue weighted by Crippen LogP contribution is 2.33. The fraction of sp³-hybridized carbons (Fsp3) is 0.231. The standard InChI is InChI=1S/C13H14ClNS/c1-9-11(3-2-4-12(9)14)13-6-5-10(16-13)7-8-15/h2-6H,7-8,15H2,1H3. The monoisotopic (exact) mass is 251 g/mol. The van der Waals surface area contributed by atoms with Crippen molar-refractivity contribution in [2.75, 3.05) is 6.54 Å². The predicted octanol–water partition coefficient (Wildman–Crippen LogP) is 3.88. The van der Waals surface area contributed by atoms with Gasteiger partial charge in [0.15, 0.2) is 0 Å². The van der Waals surface area contributed by atoms with Gasteiger partial charge in [-0.05, 0) is 49.2 Å². The minimum absolute atomic E-state index is 0.703. The molecule has 2 N–H and O–H groups in total. The first-order chi connectivity index (χ1) is 7.72. The summed E-state index contributed by atoms with van der Waals surface area (Å²) in [5.74, 6) is 0. The maximum Gasteiger partial charge on any atom is 0.0441 e. The van der Waals surface area contributed by atoms with Crippen LogP contribution < -0.4 is 5.73 Å². The van der Waals surface area contributed by atoms with Crippen molar-refractivity contribution < 1.29 is 0 Å². The maximum absolute atomic E-state index is 6.12. The molecule has 0 amide bonds. The van der Waals surface area contributed by atoms with Gasteiger partial charge in [-0.1, -0.05) is 23.7 Å². The molecule has 1 aromatic heterocycles. The number of thiophene rings is 1. The van der Waals surface area contributed by atoms with Crippen LogP contribution in [0.4, 0.5) is 0 Å². The van der Waals surface area contributed by atoms with Crippen LogP contribution in [0.15, 0.2) is 30.3 Å². The molecule has 0 saturated carbocycles. The molecule has 2 rings (SSSR count). The van der Waals surface area contributed by atoms with E-state index in [1.54, 1.807) is 11.3 Å². The molecule has 0 radical (unpaired) electrons. The SMILES string of the molecule is Cc1c(Cl)cccc1-c1ccc(CCN)s1. The summed E-state index contributed by atoms with van der Waals surface area (Å²) in [6.45, 7) is 2.76. The summed E-state index contributed by atoms with van der Waals surface area (Å²) in [5, 5.41) is 0.825. The lowest BCUT2D eigenvalue weighted by Crippen LogP contribution is -2.00. The van der Waals surface area contributed by atoms with Crippen LogP contribution in [-0.4, -0.2) is 6.54 Å². The minimum Gasteiger partial charge on any atom is -0.330 e. The van der Waals surface area contributed by atoms with Gasteiger partial charge in [0.05, 0.1) is 0 Å². The lowest BCUT2D eigenvalue weighted by molar-refractivity contribution is 0.989. The zero-order valence-corrected chi connectivity index (χ0v) is 10.7. The molecule has 0 aliphatic heterocycles. The minimum atomic E-state index is 0.703. The summed E-state index contributed by atoms with van der Waals surface area (Å²) in [6, 6.07) is 10.3. The quantitative estimate of drug-likeness (QED) is 0.880. The van der Waals surface area contributed by atoms with E-state index < -0.39 is 0 Å². The Morgan fingerprint density at radius 2 is 2.06 bits per heavy atom. The van der Waals surface area contributed by atoms with Crippen molar-refractivity contribution in [3.8, 4) is 10.4 Å². The molecule has 0 atom stereocenters. The van der Waals surface area contributed by atoms with Gasteiger partial charge >= 0.3 is 0 Å². The van der Waals surface area contributed by atoms with Crippen LogP contribution in [-0.2, 0) is 6.42 Å². The van der Waals surface area contributed by atoms with Crippen molar-refractivity contribution in [3.05, 3.63) is 45.8 Å². The fourth-order valence-electron chi connectivity index (χ4n) is 1.67. The summed E-state index contributed by atoms with van der Waals surface area (Å²) in [4.78, 5) is 2.60. The molecule has 1 aromatic carbocycles. The molecule has 2 aromatic rings. The van der Waals surface area contributed by atoms with Gasteiger partial charge in [-0.15, -0.1) is 11.3 Å². The summed E-state index contributed by atoms with van der Waals surface area (Å²) >= 11 is 7.91. The van der Waals surface area contributed by atoms with Crippen molar-refractivity contribution in [3.63, 3.8) is 0 Å². The van der Waals surface area contributed by atoms with Gasteiger partial charge < -0.3 is 5.73 Å². The molecule has 0 bridgehead atoms. The first kappa shape index (κ1) is 11.6. The smallest absolute Gasteiger partial charge is 0.0441 e. The van der Waals surface area contributed by atoms with Crippen molar-refractivity contribution in [1.82, 2.24) is 0 Å². The highest BCUT2D eigenvalue weighted by Gasteiger charge is 2.07. The Balaban J connectivity index is 2.39. The third-order valence-electron chi connectivity index (χ3n) is 2.59. The van der Waals surface area contributed by atoms with E-state index in [0.29, 0.717) is 6.54 Å². The van der Waals surface area contributed by atoms with E-state index in [1.807, 2.05) is 12.1 Å². The molecular weight excluding hydrogens is 238 g/mol. The van der Waals surface area contributed by atoms with Gasteiger partial charge in [0.1, 0.15) is 0 Å². The van der Waals surface area contributed by atoms with Gasteiger partial charge in [0, 0.05) is 14.8 Å². The van der Waals surface area contributed by atoms with E-state index in [9.17, 15) is 0 Å². The second-order valence-electron chi connectivity index (χ2n) is 3.72. The van der Waals surface area contributed by atoms with Gasteiger partial charge in [-0.3, -0.25) is 0 Å². The third kappa shape index (κ3) is 2.29. The van der Waals surface area contributed by atoms with Gasteiger partial charge in [-0.25, -0.2) is 0 Å². The Bertz CT molecular complexity index is 490. The van der Waals surface area contributed by atoms with Crippen LogP contribution in [0.5, 0.6) is 0 Å². The molecule has 0 aliphatic carbocycles.